The van der Waals surface area contributed by atoms with Gasteiger partial charge in [0.1, 0.15) is 4.21 Å². The van der Waals surface area contributed by atoms with E-state index in [1.165, 1.54) is 37.0 Å². The molecule has 0 amide bonds. The molecule has 6 nitrogen and oxygen atoms in total. The molecule has 0 atom stereocenters. The maximum atomic E-state index is 12.0. The number of hydrogen-bond acceptors (Lipinski definition) is 4. The molecule has 1 aliphatic rings. The third-order valence-corrected chi connectivity index (χ3v) is 7.35. The van der Waals surface area contributed by atoms with Crippen molar-refractivity contribution in [3.8, 4) is 0 Å². The number of sulfonamides is 1. The Morgan fingerprint density at radius 1 is 1.35 bits per heavy atom. The summed E-state index contributed by atoms with van der Waals surface area (Å²) in [6.45, 7) is 3.96. The van der Waals surface area contributed by atoms with E-state index in [1.54, 1.807) is 24.6 Å². The molecule has 130 valence electrons. The standard InChI is InChI=1S/C15H26N4O2S2/c1-3-15(7-5-8-15)12-18-14(16-2)17-9-10-19-23(20,21)13-6-4-11-22-13/h4,6,11,19H,3,5,7-10,12H2,1-2H3,(H2,16,17,18). The van der Waals surface area contributed by atoms with Crippen LogP contribution in [0.15, 0.2) is 26.7 Å². The molecule has 1 aromatic heterocycles. The smallest absolute Gasteiger partial charge is 0.250 e. The number of thiophene rings is 1. The Kier molecular flexibility index (Phi) is 6.43. The molecule has 2 rings (SSSR count). The highest BCUT2D eigenvalue weighted by molar-refractivity contribution is 7.91. The summed E-state index contributed by atoms with van der Waals surface area (Å²) in [5.41, 5.74) is 0.415. The fourth-order valence-electron chi connectivity index (χ4n) is 2.68. The van der Waals surface area contributed by atoms with Crippen molar-refractivity contribution in [1.82, 2.24) is 15.4 Å². The van der Waals surface area contributed by atoms with Gasteiger partial charge in [-0.25, -0.2) is 13.1 Å². The van der Waals surface area contributed by atoms with Crippen molar-refractivity contribution < 1.29 is 8.42 Å². The first-order valence-corrected chi connectivity index (χ1v) is 10.4. The zero-order valence-corrected chi connectivity index (χ0v) is 15.4. The van der Waals surface area contributed by atoms with E-state index in [0.29, 0.717) is 22.7 Å². The summed E-state index contributed by atoms with van der Waals surface area (Å²) in [5, 5.41) is 8.25. The zero-order chi connectivity index (χ0) is 16.8. The van der Waals surface area contributed by atoms with Crippen molar-refractivity contribution in [2.75, 3.05) is 26.7 Å². The lowest BCUT2D eigenvalue weighted by Crippen LogP contribution is -2.47. The van der Waals surface area contributed by atoms with Crippen LogP contribution in [0.1, 0.15) is 32.6 Å². The Labute approximate surface area is 142 Å². The predicted molar refractivity (Wildman–Crippen MR) is 95.4 cm³/mol. The van der Waals surface area contributed by atoms with E-state index in [0.717, 1.165) is 12.5 Å². The second kappa shape index (κ2) is 8.12. The first-order valence-electron chi connectivity index (χ1n) is 7.99. The van der Waals surface area contributed by atoms with Crippen LogP contribution in [0, 0.1) is 5.41 Å². The Morgan fingerprint density at radius 2 is 2.13 bits per heavy atom. The normalized spacial score (nSPS) is 17.6. The lowest BCUT2D eigenvalue weighted by atomic mass is 9.67. The van der Waals surface area contributed by atoms with Gasteiger partial charge in [0.25, 0.3) is 0 Å². The van der Waals surface area contributed by atoms with Gasteiger partial charge in [-0.05, 0) is 36.1 Å². The van der Waals surface area contributed by atoms with E-state index in [1.807, 2.05) is 0 Å². The lowest BCUT2D eigenvalue weighted by Gasteiger charge is -2.41. The monoisotopic (exact) mass is 358 g/mol. The summed E-state index contributed by atoms with van der Waals surface area (Å²) in [6, 6.07) is 3.33. The van der Waals surface area contributed by atoms with Crippen LogP contribution in [0.4, 0.5) is 0 Å². The predicted octanol–water partition coefficient (Wildman–Crippen LogP) is 1.77. The van der Waals surface area contributed by atoms with E-state index < -0.39 is 10.0 Å². The fraction of sp³-hybridized carbons (Fsp3) is 0.667. The van der Waals surface area contributed by atoms with Crippen molar-refractivity contribution in [3.05, 3.63) is 17.5 Å². The van der Waals surface area contributed by atoms with Gasteiger partial charge in [0.2, 0.25) is 10.0 Å². The molecule has 3 N–H and O–H groups in total. The van der Waals surface area contributed by atoms with Crippen molar-refractivity contribution in [1.29, 1.82) is 0 Å². The van der Waals surface area contributed by atoms with Gasteiger partial charge in [0.05, 0.1) is 0 Å². The molecule has 8 heteroatoms. The highest BCUT2D eigenvalue weighted by Crippen LogP contribution is 2.42. The molecule has 0 unspecified atom stereocenters. The molecule has 0 radical (unpaired) electrons. The second-order valence-corrected chi connectivity index (χ2v) is 8.83. The van der Waals surface area contributed by atoms with Crippen LogP contribution in [0.25, 0.3) is 0 Å². The summed E-state index contributed by atoms with van der Waals surface area (Å²) in [4.78, 5) is 4.19. The molecule has 1 heterocycles. The van der Waals surface area contributed by atoms with E-state index in [4.69, 9.17) is 0 Å². The fourth-order valence-corrected chi connectivity index (χ4v) is 4.75. The molecule has 0 aliphatic heterocycles. The molecule has 0 bridgehead atoms. The van der Waals surface area contributed by atoms with E-state index >= 15 is 0 Å². The van der Waals surface area contributed by atoms with Crippen LogP contribution in [-0.2, 0) is 10.0 Å². The number of aliphatic imine (C=N–C) groups is 1. The number of nitrogens with zero attached hydrogens (tertiary/aromatic N) is 1. The van der Waals surface area contributed by atoms with Gasteiger partial charge in [-0.1, -0.05) is 19.4 Å². The molecule has 1 aromatic rings. The van der Waals surface area contributed by atoms with Crippen molar-refractivity contribution >= 4 is 27.3 Å². The van der Waals surface area contributed by atoms with Gasteiger partial charge in [0.15, 0.2) is 5.96 Å². The molecule has 1 fully saturated rings. The first-order chi connectivity index (χ1) is 11.0. The van der Waals surface area contributed by atoms with Crippen LogP contribution in [0.3, 0.4) is 0 Å². The quantitative estimate of drug-likeness (QED) is 0.376. The molecular weight excluding hydrogens is 332 g/mol. The second-order valence-electron chi connectivity index (χ2n) is 5.89. The maximum Gasteiger partial charge on any atom is 0.250 e. The summed E-state index contributed by atoms with van der Waals surface area (Å²) in [7, 11) is -1.66. The minimum Gasteiger partial charge on any atom is -0.356 e. The number of nitrogens with one attached hydrogen (secondary N) is 3. The molecular formula is C15H26N4O2S2. The Bertz CT molecular complexity index is 602. The first kappa shape index (κ1) is 18.2. The van der Waals surface area contributed by atoms with E-state index in [9.17, 15) is 8.42 Å². The van der Waals surface area contributed by atoms with Gasteiger partial charge in [0, 0.05) is 26.7 Å². The maximum absolute atomic E-state index is 12.0. The number of hydrogen-bond donors (Lipinski definition) is 3. The lowest BCUT2D eigenvalue weighted by molar-refractivity contribution is 0.131. The average molecular weight is 359 g/mol. The largest absolute Gasteiger partial charge is 0.356 e. The molecule has 1 saturated carbocycles. The van der Waals surface area contributed by atoms with E-state index in [-0.39, 0.29) is 0 Å². The third-order valence-electron chi connectivity index (χ3n) is 4.49. The number of rotatable bonds is 8. The average Bonchev–Trinajstić information content (AvgIpc) is 3.03. The zero-order valence-electron chi connectivity index (χ0n) is 13.8. The molecule has 0 aromatic carbocycles. The minimum atomic E-state index is -3.39. The molecule has 1 aliphatic carbocycles. The van der Waals surface area contributed by atoms with Gasteiger partial charge < -0.3 is 10.6 Å². The van der Waals surface area contributed by atoms with E-state index in [2.05, 4.69) is 27.3 Å². The van der Waals surface area contributed by atoms with Crippen molar-refractivity contribution in [3.63, 3.8) is 0 Å². The minimum absolute atomic E-state index is 0.319. The molecule has 0 spiro atoms. The number of guanidine groups is 1. The Hall–Kier alpha value is -1.12. The Balaban J connectivity index is 1.70. The van der Waals surface area contributed by atoms with Crippen molar-refractivity contribution in [2.24, 2.45) is 10.4 Å². The van der Waals surface area contributed by atoms with Gasteiger partial charge in [-0.3, -0.25) is 4.99 Å². The van der Waals surface area contributed by atoms with Gasteiger partial charge in [-0.2, -0.15) is 0 Å². The third kappa shape index (κ3) is 4.92. The van der Waals surface area contributed by atoms with Crippen LogP contribution in [0.2, 0.25) is 0 Å². The van der Waals surface area contributed by atoms with Crippen LogP contribution in [-0.4, -0.2) is 41.1 Å². The summed E-state index contributed by atoms with van der Waals surface area (Å²) in [6.07, 6.45) is 5.03. The van der Waals surface area contributed by atoms with Gasteiger partial charge in [-0.15, -0.1) is 11.3 Å². The van der Waals surface area contributed by atoms with Crippen LogP contribution < -0.4 is 15.4 Å². The Morgan fingerprint density at radius 3 is 2.65 bits per heavy atom. The summed E-state index contributed by atoms with van der Waals surface area (Å²) in [5.74, 6) is 0.722. The summed E-state index contributed by atoms with van der Waals surface area (Å²) >= 11 is 1.21. The van der Waals surface area contributed by atoms with Crippen molar-refractivity contribution in [2.45, 2.75) is 36.8 Å². The molecule has 23 heavy (non-hydrogen) atoms. The summed E-state index contributed by atoms with van der Waals surface area (Å²) < 4.78 is 26.9. The molecule has 0 saturated heterocycles. The van der Waals surface area contributed by atoms with Crippen LogP contribution >= 0.6 is 11.3 Å². The SMILES string of the molecule is CCC1(CNC(=NC)NCCNS(=O)(=O)c2cccs2)CCC1. The van der Waals surface area contributed by atoms with Crippen LogP contribution in [0.5, 0.6) is 0 Å². The highest BCUT2D eigenvalue weighted by atomic mass is 32.2. The topological polar surface area (TPSA) is 82.6 Å². The van der Waals surface area contributed by atoms with Gasteiger partial charge >= 0.3 is 0 Å². The highest BCUT2D eigenvalue weighted by Gasteiger charge is 2.34.